The van der Waals surface area contributed by atoms with Crippen LogP contribution >= 0.6 is 0 Å². The van der Waals surface area contributed by atoms with Crippen molar-refractivity contribution in [3.05, 3.63) is 59.9 Å². The standard InChI is InChI=1S/C25H31N5O3.C2HF3O2/c1-19-8-9-22(16-26-19)30-15-14-29(18-21-6-4-3-5-7-21)25(24(30)33)10-12-28(13-11-25)23(32)17-27-20(2)31;3-2(4,5)1(6)7/h3-9,16H,10-15,17-18H2,1-2H3,(H,27,31);(H,6,7). The number of aromatic nitrogens is 1. The van der Waals surface area contributed by atoms with Crippen LogP contribution in [0.4, 0.5) is 18.9 Å². The molecule has 10 nitrogen and oxygen atoms in total. The van der Waals surface area contributed by atoms with E-state index in [1.54, 1.807) is 11.1 Å². The molecule has 0 radical (unpaired) electrons. The topological polar surface area (TPSA) is 123 Å². The molecule has 3 heterocycles. The van der Waals surface area contributed by atoms with Crippen LogP contribution in [0.2, 0.25) is 0 Å². The number of pyridine rings is 1. The number of hydrogen-bond acceptors (Lipinski definition) is 6. The van der Waals surface area contributed by atoms with Crippen molar-refractivity contribution in [2.45, 2.75) is 44.9 Å². The molecule has 0 aliphatic carbocycles. The number of likely N-dealkylation sites (tertiary alicyclic amines) is 1. The summed E-state index contributed by atoms with van der Waals surface area (Å²) in [4.78, 5) is 56.9. The van der Waals surface area contributed by atoms with Gasteiger partial charge < -0.3 is 20.2 Å². The van der Waals surface area contributed by atoms with Crippen molar-refractivity contribution in [1.29, 1.82) is 0 Å². The summed E-state index contributed by atoms with van der Waals surface area (Å²) >= 11 is 0. The largest absolute Gasteiger partial charge is 0.490 e. The number of rotatable bonds is 5. The van der Waals surface area contributed by atoms with E-state index in [-0.39, 0.29) is 24.3 Å². The number of carboxylic acid groups (broad SMARTS) is 1. The number of hydrogen-bond donors (Lipinski definition) is 2. The molecule has 40 heavy (non-hydrogen) atoms. The van der Waals surface area contributed by atoms with Crippen molar-refractivity contribution >= 4 is 29.4 Å². The fourth-order valence-corrected chi connectivity index (χ4v) is 4.79. The molecule has 2 aliphatic rings. The molecule has 4 rings (SSSR count). The number of amides is 3. The summed E-state index contributed by atoms with van der Waals surface area (Å²) in [5.74, 6) is -3.02. The van der Waals surface area contributed by atoms with Gasteiger partial charge in [-0.2, -0.15) is 13.2 Å². The zero-order valence-corrected chi connectivity index (χ0v) is 22.3. The Hall–Kier alpha value is -4.00. The van der Waals surface area contributed by atoms with Crippen molar-refractivity contribution in [3.63, 3.8) is 0 Å². The summed E-state index contributed by atoms with van der Waals surface area (Å²) in [6.45, 7) is 6.31. The van der Waals surface area contributed by atoms with Crippen LogP contribution in [0.1, 0.15) is 31.0 Å². The molecular formula is C27H32F3N5O5. The maximum absolute atomic E-state index is 14.0. The molecule has 1 aromatic carbocycles. The number of nitrogens with zero attached hydrogens (tertiary/aromatic N) is 4. The highest BCUT2D eigenvalue weighted by Gasteiger charge is 2.51. The molecule has 2 saturated heterocycles. The van der Waals surface area contributed by atoms with Crippen LogP contribution < -0.4 is 10.2 Å². The minimum Gasteiger partial charge on any atom is -0.475 e. The van der Waals surface area contributed by atoms with Gasteiger partial charge in [-0.1, -0.05) is 30.3 Å². The van der Waals surface area contributed by atoms with Crippen molar-refractivity contribution in [3.8, 4) is 0 Å². The third kappa shape index (κ3) is 7.56. The summed E-state index contributed by atoms with van der Waals surface area (Å²) in [7, 11) is 0. The Balaban J connectivity index is 0.000000559. The second kappa shape index (κ2) is 12.9. The van der Waals surface area contributed by atoms with E-state index >= 15 is 0 Å². The smallest absolute Gasteiger partial charge is 0.475 e. The van der Waals surface area contributed by atoms with Gasteiger partial charge in [0.1, 0.15) is 5.54 Å². The average molecular weight is 564 g/mol. The molecule has 2 aromatic rings. The highest BCUT2D eigenvalue weighted by atomic mass is 19.4. The molecule has 2 N–H and O–H groups in total. The second-order valence-electron chi connectivity index (χ2n) is 9.65. The van der Waals surface area contributed by atoms with Gasteiger partial charge in [-0.25, -0.2) is 4.79 Å². The van der Waals surface area contributed by atoms with Gasteiger partial charge in [0.25, 0.3) is 0 Å². The Bertz CT molecular complexity index is 1200. The molecule has 1 spiro atoms. The molecule has 0 atom stereocenters. The molecule has 13 heteroatoms. The Kier molecular flexibility index (Phi) is 9.85. The third-order valence-corrected chi connectivity index (χ3v) is 6.94. The second-order valence-corrected chi connectivity index (χ2v) is 9.65. The Labute approximate surface area is 229 Å². The molecule has 0 bridgehead atoms. The number of carbonyl (C=O) groups excluding carboxylic acids is 3. The van der Waals surface area contributed by atoms with Gasteiger partial charge in [0.05, 0.1) is 18.4 Å². The van der Waals surface area contributed by atoms with E-state index in [1.807, 2.05) is 42.2 Å². The van der Waals surface area contributed by atoms with Crippen LogP contribution in [0.5, 0.6) is 0 Å². The number of aliphatic carboxylic acids is 1. The number of benzene rings is 1. The lowest BCUT2D eigenvalue weighted by Gasteiger charge is -2.52. The predicted molar refractivity (Wildman–Crippen MR) is 139 cm³/mol. The molecule has 3 amide bonds. The predicted octanol–water partition coefficient (Wildman–Crippen LogP) is 2.37. The van der Waals surface area contributed by atoms with Crippen LogP contribution in [0.15, 0.2) is 48.7 Å². The molecule has 2 fully saturated rings. The van der Waals surface area contributed by atoms with E-state index in [2.05, 4.69) is 27.3 Å². The number of carbonyl (C=O) groups is 4. The van der Waals surface area contributed by atoms with Gasteiger partial charge in [0, 0.05) is 45.3 Å². The van der Waals surface area contributed by atoms with Crippen LogP contribution in [-0.4, -0.2) is 88.0 Å². The highest BCUT2D eigenvalue weighted by molar-refractivity contribution is 6.01. The number of piperazine rings is 1. The van der Waals surface area contributed by atoms with E-state index in [0.717, 1.165) is 17.9 Å². The van der Waals surface area contributed by atoms with Gasteiger partial charge >= 0.3 is 12.1 Å². The van der Waals surface area contributed by atoms with Gasteiger partial charge in [-0.05, 0) is 37.5 Å². The van der Waals surface area contributed by atoms with E-state index < -0.39 is 17.7 Å². The average Bonchev–Trinajstić information content (AvgIpc) is 2.91. The number of nitrogens with one attached hydrogen (secondary N) is 1. The van der Waals surface area contributed by atoms with Gasteiger partial charge in [-0.3, -0.25) is 24.3 Å². The normalized spacial score (nSPS) is 17.2. The maximum Gasteiger partial charge on any atom is 0.490 e. The molecular weight excluding hydrogens is 531 g/mol. The number of piperidine rings is 1. The summed E-state index contributed by atoms with van der Waals surface area (Å²) < 4.78 is 31.7. The number of anilines is 1. The first-order valence-electron chi connectivity index (χ1n) is 12.7. The molecule has 0 unspecified atom stereocenters. The van der Waals surface area contributed by atoms with Gasteiger partial charge in [0.2, 0.25) is 17.7 Å². The van der Waals surface area contributed by atoms with Crippen molar-refractivity contribution in [2.24, 2.45) is 0 Å². The summed E-state index contributed by atoms with van der Waals surface area (Å²) in [6.07, 6.45) is -2.21. The lowest BCUT2D eigenvalue weighted by atomic mass is 9.81. The first kappa shape index (κ1) is 30.5. The minimum absolute atomic E-state index is 0.00876. The summed E-state index contributed by atoms with van der Waals surface area (Å²) in [5.41, 5.74) is 2.21. The molecule has 216 valence electrons. The van der Waals surface area contributed by atoms with E-state index in [1.165, 1.54) is 12.5 Å². The monoisotopic (exact) mass is 563 g/mol. The number of carboxylic acids is 1. The van der Waals surface area contributed by atoms with E-state index in [0.29, 0.717) is 39.0 Å². The minimum atomic E-state index is -5.08. The van der Waals surface area contributed by atoms with Crippen LogP contribution in [0.25, 0.3) is 0 Å². The highest BCUT2D eigenvalue weighted by Crippen LogP contribution is 2.36. The molecule has 0 saturated carbocycles. The summed E-state index contributed by atoms with van der Waals surface area (Å²) in [6, 6.07) is 14.1. The quantitative estimate of drug-likeness (QED) is 0.573. The molecule has 2 aliphatic heterocycles. The van der Waals surface area contributed by atoms with Gasteiger partial charge in [0.15, 0.2) is 0 Å². The van der Waals surface area contributed by atoms with E-state index in [4.69, 9.17) is 9.90 Å². The number of halogens is 3. The fourth-order valence-electron chi connectivity index (χ4n) is 4.79. The maximum atomic E-state index is 14.0. The van der Waals surface area contributed by atoms with E-state index in [9.17, 15) is 27.6 Å². The zero-order valence-electron chi connectivity index (χ0n) is 22.3. The first-order chi connectivity index (χ1) is 18.8. The number of aryl methyl sites for hydroxylation is 1. The Morgan fingerprint density at radius 3 is 2.17 bits per heavy atom. The first-order valence-corrected chi connectivity index (χ1v) is 12.7. The van der Waals surface area contributed by atoms with Crippen molar-refractivity contribution < 1.29 is 37.5 Å². The lowest BCUT2D eigenvalue weighted by Crippen LogP contribution is -2.69. The van der Waals surface area contributed by atoms with Crippen molar-refractivity contribution in [1.82, 2.24) is 20.1 Å². The van der Waals surface area contributed by atoms with Crippen LogP contribution in [0.3, 0.4) is 0 Å². The number of alkyl halides is 3. The molecule has 1 aromatic heterocycles. The third-order valence-electron chi connectivity index (χ3n) is 6.94. The van der Waals surface area contributed by atoms with Crippen molar-refractivity contribution in [2.75, 3.05) is 37.6 Å². The Morgan fingerprint density at radius 1 is 1.02 bits per heavy atom. The SMILES string of the molecule is CC(=O)NCC(=O)N1CCC2(CC1)C(=O)N(c1ccc(C)nc1)CCN2Cc1ccccc1.O=C(O)C(F)(F)F. The summed E-state index contributed by atoms with van der Waals surface area (Å²) in [5, 5.41) is 9.70. The van der Waals surface area contributed by atoms with Crippen LogP contribution in [-0.2, 0) is 25.7 Å². The Morgan fingerprint density at radius 2 is 1.65 bits per heavy atom. The van der Waals surface area contributed by atoms with Crippen LogP contribution in [0, 0.1) is 6.92 Å². The lowest BCUT2D eigenvalue weighted by molar-refractivity contribution is -0.192. The zero-order chi connectivity index (χ0) is 29.5. The van der Waals surface area contributed by atoms with Gasteiger partial charge in [-0.15, -0.1) is 0 Å². The fraction of sp³-hybridized carbons (Fsp3) is 0.444.